The number of aromatic hydroxyl groups is 3. The van der Waals surface area contributed by atoms with Crippen molar-refractivity contribution in [2.24, 2.45) is 17.4 Å². The molecule has 2 fully saturated rings. The Morgan fingerprint density at radius 3 is 1.90 bits per heavy atom. The normalized spacial score (nSPS) is 29.4. The molecule has 0 aromatic heterocycles. The number of aliphatic carboxylic acids is 1. The predicted octanol–water partition coefficient (Wildman–Crippen LogP) is 0.106. The van der Waals surface area contributed by atoms with Gasteiger partial charge >= 0.3 is 5.97 Å². The maximum absolute atomic E-state index is 16.0. The number of carboxylic acids is 1. The Morgan fingerprint density at radius 2 is 1.32 bits per heavy atom. The quantitative estimate of drug-likeness (QED) is 0.0743. The number of fused-ring (bicyclic) bond motifs is 15. The SMILES string of the molecule is CN[C@H](CC(C)C)C(=O)N[C@H]1C(=O)N[C@@H](CC(N)=O)C(=O)N[C@H]2C(=O)N[C@H]3C(=O)N[C@H](C(=O)NC(C(=O)O)c4cc(O)cc(O)c4-c4cc3ccc4O)[C@H](O)c3ccc(c(Cl)c3)Oc3cc2cc(c3O[C@@H]2OC(CO)[C@@H](O)[C@H](O)[C@H]2O[C@H]2C[C@](C)(N)[C@H](O)[C@H](C)O2)Oc2ccc(cc2Cl)[C@H]1O. The molecule has 0 spiro atoms. The van der Waals surface area contributed by atoms with Crippen molar-refractivity contribution >= 4 is 70.5 Å². The number of carbonyl (C=O) groups excluding carboxylic acids is 7. The largest absolute Gasteiger partial charge is 0.508 e. The van der Waals surface area contributed by atoms with E-state index in [-0.39, 0.29) is 46.2 Å². The van der Waals surface area contributed by atoms with Gasteiger partial charge in [0.2, 0.25) is 53.4 Å². The minimum Gasteiger partial charge on any atom is -0.508 e. The maximum atomic E-state index is 16.0. The summed E-state index contributed by atoms with van der Waals surface area (Å²) < 4.78 is 38.3. The smallest absolute Gasteiger partial charge is 0.330 e. The average molecular weight is 1450 g/mol. The van der Waals surface area contributed by atoms with Crippen LogP contribution in [0.25, 0.3) is 11.1 Å². The summed E-state index contributed by atoms with van der Waals surface area (Å²) in [5.41, 5.74) is 8.00. The maximum Gasteiger partial charge on any atom is 0.330 e. The number of halogens is 2. The minimum atomic E-state index is -2.35. The number of hydrogen-bond acceptors (Lipinski definition) is 25. The van der Waals surface area contributed by atoms with E-state index < -0.39 is 237 Å². The van der Waals surface area contributed by atoms with Crippen LogP contribution in [0.2, 0.25) is 10.0 Å². The molecule has 5 aromatic carbocycles. The average Bonchev–Trinajstić information content (AvgIpc) is 0.775. The number of hydrogen-bond donors (Lipinski definition) is 19. The first-order chi connectivity index (χ1) is 47.7. The molecule has 12 rings (SSSR count). The Kier molecular flexibility index (Phi) is 22.2. The lowest BCUT2D eigenvalue weighted by molar-refractivity contribution is -0.333. The van der Waals surface area contributed by atoms with Gasteiger partial charge in [0, 0.05) is 34.7 Å². The van der Waals surface area contributed by atoms with Crippen molar-refractivity contribution in [3.63, 3.8) is 0 Å². The fourth-order valence-electron chi connectivity index (χ4n) is 12.5. The highest BCUT2D eigenvalue weighted by molar-refractivity contribution is 6.32. The highest BCUT2D eigenvalue weighted by Gasteiger charge is 2.51. The van der Waals surface area contributed by atoms with Gasteiger partial charge in [-0.25, -0.2) is 4.79 Å². The number of nitrogens with one attached hydrogen (secondary N) is 7. The first-order valence-electron chi connectivity index (χ1n) is 31.6. The number of aliphatic hydroxyl groups is 6. The molecule has 11 bridgehead atoms. The van der Waals surface area contributed by atoms with Crippen LogP contribution in [0.5, 0.6) is 46.0 Å². The summed E-state index contributed by atoms with van der Waals surface area (Å²) in [5, 5.41) is 131. The van der Waals surface area contributed by atoms with Crippen LogP contribution in [0.15, 0.2) is 78.9 Å². The molecule has 7 amide bonds. The lowest BCUT2D eigenvalue weighted by Crippen LogP contribution is -2.64. The molecule has 101 heavy (non-hydrogen) atoms. The highest BCUT2D eigenvalue weighted by Crippen LogP contribution is 2.50. The molecule has 0 aliphatic carbocycles. The van der Waals surface area contributed by atoms with E-state index in [1.807, 2.05) is 13.8 Å². The molecule has 33 nitrogen and oxygen atoms in total. The molecule has 18 atom stereocenters. The topological polar surface area (TPSA) is 530 Å². The zero-order valence-electron chi connectivity index (χ0n) is 54.3. The van der Waals surface area contributed by atoms with E-state index >= 15 is 14.4 Å². The van der Waals surface area contributed by atoms with Crippen LogP contribution in [0.4, 0.5) is 0 Å². The van der Waals surface area contributed by atoms with E-state index in [1.165, 1.54) is 33.0 Å². The molecule has 0 saturated carbocycles. The van der Waals surface area contributed by atoms with Crippen molar-refractivity contribution in [1.29, 1.82) is 0 Å². The van der Waals surface area contributed by atoms with Gasteiger partial charge in [0.25, 0.3) is 0 Å². The molecule has 21 N–H and O–H groups in total. The number of carbonyl (C=O) groups is 8. The molecule has 5 aromatic rings. The number of likely N-dealkylation sites (N-methyl/N-ethyl adjacent to an activating group) is 1. The molecule has 0 radical (unpaired) electrons. The van der Waals surface area contributed by atoms with Crippen molar-refractivity contribution in [3.05, 3.63) is 117 Å². The van der Waals surface area contributed by atoms with Gasteiger partial charge in [-0.2, -0.15) is 0 Å². The number of phenolic OH excluding ortho intramolecular Hbond substituents is 3. The van der Waals surface area contributed by atoms with Gasteiger partial charge in [-0.3, -0.25) is 33.6 Å². The number of amides is 7. The minimum absolute atomic E-state index is 0.0975. The van der Waals surface area contributed by atoms with Gasteiger partial charge in [-0.1, -0.05) is 55.2 Å². The molecule has 7 aliphatic rings. The second kappa shape index (κ2) is 30.2. The number of benzene rings is 5. The Hall–Kier alpha value is -9.20. The van der Waals surface area contributed by atoms with Crippen LogP contribution in [0.1, 0.15) is 105 Å². The number of phenols is 3. The number of rotatable bonds is 13. The number of primary amides is 1. The molecular formula is C66H75Cl2N9O24. The summed E-state index contributed by atoms with van der Waals surface area (Å²) in [5.74, 6) is -16.0. The van der Waals surface area contributed by atoms with E-state index in [1.54, 1.807) is 0 Å². The standard InChI is InChI=1S/C66H75Cl2N9O24/c1-23(2)12-34(71-5)58(88)76-49-51(83)26-7-10-38(32(67)14-26)97-40-16-28-17-41(55(40)101-65-56(54(86)53(85)42(22-78)99-65)100-44-21-66(4,70)57(87)24(3)96-44)98-39-11-8-27(15-33(39)68)52(84)50-63(93)75-48(64(94)95)31-18-29(79)19-37(81)45(31)30-13-25(6-9-36(30)80)46(60(90)77-50)74-61(91)47(28)73-59(89)35(20-43(69)82)72-62(49)92/h6-11,13-19,23-24,34-35,42,44,46-54,56-57,65,71,78-81,83-87H,12,20-22,70H2,1-5H3,(H2,69,82)(H,72,92)(H,73,89)(H,74,91)(H,75,93)(H,76,88)(H,77,90)(H,94,95)/t24-,34+,35-,42?,44-,46+,47+,48?,49+,50-,51+,52+,53+,54-,56+,57+,65-,66-/m0/s1. The number of carboxylic acid groups (broad SMARTS) is 1. The molecule has 7 heterocycles. The third-order valence-corrected chi connectivity index (χ3v) is 18.4. The van der Waals surface area contributed by atoms with E-state index in [0.717, 1.165) is 66.7 Å². The Labute approximate surface area is 584 Å². The van der Waals surface area contributed by atoms with Crippen molar-refractivity contribution in [2.45, 2.75) is 156 Å². The molecule has 542 valence electrons. The highest BCUT2D eigenvalue weighted by atomic mass is 35.5. The van der Waals surface area contributed by atoms with Gasteiger partial charge in [-0.15, -0.1) is 0 Å². The van der Waals surface area contributed by atoms with Crippen LogP contribution < -0.4 is 62.9 Å². The zero-order chi connectivity index (χ0) is 73.5. The number of ether oxygens (including phenoxy) is 6. The summed E-state index contributed by atoms with van der Waals surface area (Å²) in [4.78, 5) is 117. The van der Waals surface area contributed by atoms with E-state index in [9.17, 15) is 75.0 Å². The number of nitrogens with two attached hydrogens (primary N) is 2. The van der Waals surface area contributed by atoms with Crippen LogP contribution in [0, 0.1) is 5.92 Å². The summed E-state index contributed by atoms with van der Waals surface area (Å²) in [6, 6.07) is -0.679. The zero-order valence-corrected chi connectivity index (χ0v) is 55.8. The summed E-state index contributed by atoms with van der Waals surface area (Å²) in [7, 11) is 1.47. The molecule has 2 saturated heterocycles. The predicted molar refractivity (Wildman–Crippen MR) is 349 cm³/mol. The van der Waals surface area contributed by atoms with Gasteiger partial charge < -0.3 is 128 Å². The molecular weight excluding hydrogens is 1370 g/mol. The van der Waals surface area contributed by atoms with Gasteiger partial charge in [0.05, 0.1) is 41.3 Å². The third-order valence-electron chi connectivity index (χ3n) is 17.8. The van der Waals surface area contributed by atoms with E-state index in [0.29, 0.717) is 0 Å². The molecule has 7 aliphatic heterocycles. The number of aliphatic hydroxyl groups excluding tert-OH is 6. The van der Waals surface area contributed by atoms with Gasteiger partial charge in [0.1, 0.15) is 89.5 Å². The summed E-state index contributed by atoms with van der Waals surface area (Å²) in [6.45, 7) is 5.66. The lowest BCUT2D eigenvalue weighted by Gasteiger charge is -2.47. The summed E-state index contributed by atoms with van der Waals surface area (Å²) in [6.07, 6.45) is -18.6. The second-order valence-electron chi connectivity index (χ2n) is 25.7. The van der Waals surface area contributed by atoms with Crippen molar-refractivity contribution in [1.82, 2.24) is 37.2 Å². The van der Waals surface area contributed by atoms with Crippen LogP contribution in [-0.2, 0) is 52.6 Å². The first kappa shape index (κ1) is 74.5. The molecule has 35 heteroatoms. The van der Waals surface area contributed by atoms with Crippen molar-refractivity contribution in [2.75, 3.05) is 13.7 Å². The lowest BCUT2D eigenvalue weighted by atomic mass is 9.86. The van der Waals surface area contributed by atoms with Crippen LogP contribution in [-0.4, -0.2) is 191 Å². The van der Waals surface area contributed by atoms with Crippen LogP contribution in [0.3, 0.4) is 0 Å². The summed E-state index contributed by atoms with van der Waals surface area (Å²) >= 11 is 14.1. The monoisotopic (exact) mass is 1450 g/mol. The van der Waals surface area contributed by atoms with Crippen LogP contribution >= 0.6 is 23.2 Å². The van der Waals surface area contributed by atoms with E-state index in [2.05, 4.69) is 37.2 Å². The van der Waals surface area contributed by atoms with Crippen molar-refractivity contribution < 1.29 is 118 Å². The van der Waals surface area contributed by atoms with Gasteiger partial charge in [0.15, 0.2) is 29.9 Å². The Bertz CT molecular complexity index is 4070. The fraction of sp³-hybridized carbons (Fsp3) is 0.424. The fourth-order valence-corrected chi connectivity index (χ4v) is 12.9. The van der Waals surface area contributed by atoms with Crippen molar-refractivity contribution in [3.8, 4) is 57.1 Å². The van der Waals surface area contributed by atoms with E-state index in [4.69, 9.17) is 63.1 Å². The Balaban J connectivity index is 1.24. The third kappa shape index (κ3) is 15.8. The first-order valence-corrected chi connectivity index (χ1v) is 32.4. The second-order valence-corrected chi connectivity index (χ2v) is 26.5. The molecule has 2 unspecified atom stereocenters. The Morgan fingerprint density at radius 1 is 0.713 bits per heavy atom. The van der Waals surface area contributed by atoms with Gasteiger partial charge in [-0.05, 0) is 110 Å².